The van der Waals surface area contributed by atoms with Crippen LogP contribution in [0.2, 0.25) is 0 Å². The van der Waals surface area contributed by atoms with E-state index in [0.717, 1.165) is 19.8 Å². The highest BCUT2D eigenvalue weighted by Crippen LogP contribution is 2.26. The lowest BCUT2D eigenvalue weighted by Gasteiger charge is -2.36. The summed E-state index contributed by atoms with van der Waals surface area (Å²) in [6.45, 7) is 6.98. The van der Waals surface area contributed by atoms with Gasteiger partial charge in [-0.25, -0.2) is 0 Å². The molecule has 2 aliphatic rings. The molecule has 0 aromatic heterocycles. The first-order valence-electron chi connectivity index (χ1n) is 5.86. The number of guanidine groups is 1. The average Bonchev–Trinajstić information content (AvgIpc) is 2.61. The molecule has 2 heterocycles. The Balaban J connectivity index is 2.02. The highest BCUT2D eigenvalue weighted by atomic mass is 16.5. The Hall–Kier alpha value is -0.770. The minimum absolute atomic E-state index is 0.433. The van der Waals surface area contributed by atoms with Gasteiger partial charge in [-0.1, -0.05) is 0 Å². The van der Waals surface area contributed by atoms with Crippen LogP contribution in [0.15, 0.2) is 4.99 Å². The van der Waals surface area contributed by atoms with Crippen LogP contribution in [-0.4, -0.2) is 42.7 Å². The van der Waals surface area contributed by atoms with E-state index in [2.05, 4.69) is 23.7 Å². The van der Waals surface area contributed by atoms with Gasteiger partial charge in [-0.2, -0.15) is 0 Å². The van der Waals surface area contributed by atoms with E-state index >= 15 is 0 Å². The van der Waals surface area contributed by atoms with Gasteiger partial charge in [-0.3, -0.25) is 4.99 Å². The third-order valence-corrected chi connectivity index (χ3v) is 3.36. The fraction of sp³-hybridized carbons (Fsp3) is 0.909. The second kappa shape index (κ2) is 4.39. The number of ether oxygens (including phenoxy) is 1. The van der Waals surface area contributed by atoms with Gasteiger partial charge in [0.05, 0.1) is 19.2 Å². The molecule has 1 fully saturated rings. The minimum Gasteiger partial charge on any atom is -0.381 e. The van der Waals surface area contributed by atoms with Crippen LogP contribution in [0.1, 0.15) is 26.7 Å². The van der Waals surface area contributed by atoms with Crippen molar-refractivity contribution < 1.29 is 4.74 Å². The number of rotatable bonds is 2. The SMILES string of the molecule is CC(C)N1C(N)=NCC1C1CCCOC1. The zero-order valence-electron chi connectivity index (χ0n) is 9.65. The van der Waals surface area contributed by atoms with E-state index in [1.54, 1.807) is 0 Å². The van der Waals surface area contributed by atoms with Crippen LogP contribution in [0.4, 0.5) is 0 Å². The molecule has 2 rings (SSSR count). The van der Waals surface area contributed by atoms with E-state index in [1.807, 2.05) is 0 Å². The molecular formula is C11H21N3O. The minimum atomic E-state index is 0.433. The second-order valence-electron chi connectivity index (χ2n) is 4.74. The molecule has 0 aromatic carbocycles. The maximum atomic E-state index is 5.91. The van der Waals surface area contributed by atoms with Crippen LogP contribution in [0.3, 0.4) is 0 Å². The van der Waals surface area contributed by atoms with E-state index < -0.39 is 0 Å². The van der Waals surface area contributed by atoms with E-state index in [0.29, 0.717) is 24.0 Å². The predicted molar refractivity (Wildman–Crippen MR) is 60.8 cm³/mol. The molecule has 86 valence electrons. The van der Waals surface area contributed by atoms with Crippen molar-refractivity contribution in [3.05, 3.63) is 0 Å². The number of nitrogens with two attached hydrogens (primary N) is 1. The van der Waals surface area contributed by atoms with Gasteiger partial charge >= 0.3 is 0 Å². The Morgan fingerprint density at radius 1 is 1.53 bits per heavy atom. The summed E-state index contributed by atoms with van der Waals surface area (Å²) < 4.78 is 5.54. The molecule has 0 aliphatic carbocycles. The molecule has 2 N–H and O–H groups in total. The molecule has 2 aliphatic heterocycles. The molecule has 0 amide bonds. The smallest absolute Gasteiger partial charge is 0.191 e. The van der Waals surface area contributed by atoms with Gasteiger partial charge in [0.15, 0.2) is 5.96 Å². The molecule has 15 heavy (non-hydrogen) atoms. The van der Waals surface area contributed by atoms with E-state index in [1.165, 1.54) is 12.8 Å². The van der Waals surface area contributed by atoms with E-state index in [9.17, 15) is 0 Å². The number of hydrogen-bond acceptors (Lipinski definition) is 4. The fourth-order valence-corrected chi connectivity index (χ4v) is 2.62. The zero-order valence-corrected chi connectivity index (χ0v) is 9.65. The quantitative estimate of drug-likeness (QED) is 0.735. The second-order valence-corrected chi connectivity index (χ2v) is 4.74. The summed E-state index contributed by atoms with van der Waals surface area (Å²) >= 11 is 0. The number of aliphatic imine (C=N–C) groups is 1. The van der Waals surface area contributed by atoms with Gasteiger partial charge in [0, 0.05) is 18.6 Å². The predicted octanol–water partition coefficient (Wildman–Crippen LogP) is 0.820. The van der Waals surface area contributed by atoms with Gasteiger partial charge < -0.3 is 15.4 Å². The van der Waals surface area contributed by atoms with Gasteiger partial charge in [-0.15, -0.1) is 0 Å². The Morgan fingerprint density at radius 2 is 2.33 bits per heavy atom. The number of hydrogen-bond donors (Lipinski definition) is 1. The summed E-state index contributed by atoms with van der Waals surface area (Å²) in [5.74, 6) is 1.31. The van der Waals surface area contributed by atoms with Gasteiger partial charge in [0.25, 0.3) is 0 Å². The van der Waals surface area contributed by atoms with Gasteiger partial charge in [0.1, 0.15) is 0 Å². The van der Waals surface area contributed by atoms with E-state index in [-0.39, 0.29) is 0 Å². The standard InChI is InChI=1S/C11H21N3O/c1-8(2)14-10(6-13-11(14)12)9-4-3-5-15-7-9/h8-10H,3-7H2,1-2H3,(H2,12,13). The van der Waals surface area contributed by atoms with Crippen molar-refractivity contribution in [3.63, 3.8) is 0 Å². The molecule has 2 atom stereocenters. The van der Waals surface area contributed by atoms with Crippen molar-refractivity contribution in [1.29, 1.82) is 0 Å². The van der Waals surface area contributed by atoms with Crippen LogP contribution in [0, 0.1) is 5.92 Å². The topological polar surface area (TPSA) is 50.8 Å². The fourth-order valence-electron chi connectivity index (χ4n) is 2.62. The molecular weight excluding hydrogens is 190 g/mol. The van der Waals surface area contributed by atoms with E-state index in [4.69, 9.17) is 10.5 Å². The van der Waals surface area contributed by atoms with Gasteiger partial charge in [0.2, 0.25) is 0 Å². The Morgan fingerprint density at radius 3 is 2.93 bits per heavy atom. The van der Waals surface area contributed by atoms with Crippen LogP contribution in [0.5, 0.6) is 0 Å². The first-order valence-corrected chi connectivity index (χ1v) is 5.86. The monoisotopic (exact) mass is 211 g/mol. The molecule has 0 radical (unpaired) electrons. The molecule has 4 heteroatoms. The van der Waals surface area contributed by atoms with Crippen molar-refractivity contribution >= 4 is 5.96 Å². The van der Waals surface area contributed by atoms with Crippen molar-refractivity contribution in [1.82, 2.24) is 4.90 Å². The summed E-state index contributed by atoms with van der Waals surface area (Å²) in [4.78, 5) is 6.61. The van der Waals surface area contributed by atoms with Crippen LogP contribution in [-0.2, 0) is 4.74 Å². The third-order valence-electron chi connectivity index (χ3n) is 3.36. The first kappa shape index (κ1) is 10.7. The third kappa shape index (κ3) is 2.09. The van der Waals surface area contributed by atoms with Crippen LogP contribution >= 0.6 is 0 Å². The summed E-state index contributed by atoms with van der Waals surface area (Å²) in [6.07, 6.45) is 2.42. The first-order chi connectivity index (χ1) is 7.20. The van der Waals surface area contributed by atoms with Crippen molar-refractivity contribution in [2.45, 2.75) is 38.8 Å². The van der Waals surface area contributed by atoms with Crippen LogP contribution < -0.4 is 5.73 Å². The highest BCUT2D eigenvalue weighted by molar-refractivity contribution is 5.80. The Bertz CT molecular complexity index is 246. The molecule has 2 unspecified atom stereocenters. The normalized spacial score (nSPS) is 32.2. The number of nitrogens with zero attached hydrogens (tertiary/aromatic N) is 2. The maximum Gasteiger partial charge on any atom is 0.191 e. The largest absolute Gasteiger partial charge is 0.381 e. The summed E-state index contributed by atoms with van der Waals surface area (Å²) in [5.41, 5.74) is 5.91. The highest BCUT2D eigenvalue weighted by Gasteiger charge is 2.35. The molecule has 0 aromatic rings. The van der Waals surface area contributed by atoms with Crippen LogP contribution in [0.25, 0.3) is 0 Å². The lowest BCUT2D eigenvalue weighted by Crippen LogP contribution is -2.49. The Kier molecular flexibility index (Phi) is 3.14. The summed E-state index contributed by atoms with van der Waals surface area (Å²) in [6, 6.07) is 0.897. The van der Waals surface area contributed by atoms with Crippen molar-refractivity contribution in [2.24, 2.45) is 16.6 Å². The summed E-state index contributed by atoms with van der Waals surface area (Å²) in [5, 5.41) is 0. The maximum absolute atomic E-state index is 5.91. The zero-order chi connectivity index (χ0) is 10.8. The molecule has 0 saturated carbocycles. The van der Waals surface area contributed by atoms with Gasteiger partial charge in [-0.05, 0) is 26.7 Å². The molecule has 0 bridgehead atoms. The average molecular weight is 211 g/mol. The Labute approximate surface area is 91.5 Å². The molecule has 0 spiro atoms. The van der Waals surface area contributed by atoms with Crippen molar-refractivity contribution in [3.8, 4) is 0 Å². The summed E-state index contributed by atoms with van der Waals surface area (Å²) in [7, 11) is 0. The molecule has 1 saturated heterocycles. The molecule has 4 nitrogen and oxygen atoms in total. The lowest BCUT2D eigenvalue weighted by molar-refractivity contribution is 0.0247. The van der Waals surface area contributed by atoms with Crippen molar-refractivity contribution in [2.75, 3.05) is 19.8 Å². The lowest BCUT2D eigenvalue weighted by atomic mass is 9.92.